The standard InChI is InChI=1S/C14H21Cl2NO/c1-4-18-14-12(7-11(15)8-13(14)16)9(2)5-6-10(3)17/h7-10H,4-6,17H2,1-3H3. The summed E-state index contributed by atoms with van der Waals surface area (Å²) in [6, 6.07) is 3.86. The van der Waals surface area contributed by atoms with E-state index in [1.165, 1.54) is 0 Å². The minimum atomic E-state index is 0.206. The monoisotopic (exact) mass is 289 g/mol. The Balaban J connectivity index is 2.97. The number of hydrogen-bond acceptors (Lipinski definition) is 2. The first-order valence-electron chi connectivity index (χ1n) is 6.33. The summed E-state index contributed by atoms with van der Waals surface area (Å²) < 4.78 is 5.63. The molecule has 2 nitrogen and oxygen atoms in total. The highest BCUT2D eigenvalue weighted by Gasteiger charge is 2.16. The van der Waals surface area contributed by atoms with Gasteiger partial charge in [0.25, 0.3) is 0 Å². The van der Waals surface area contributed by atoms with Gasteiger partial charge < -0.3 is 10.5 Å². The Kier molecular flexibility index (Phi) is 6.27. The second kappa shape index (κ2) is 7.22. The molecule has 4 heteroatoms. The second-order valence-corrected chi connectivity index (χ2v) is 5.54. The van der Waals surface area contributed by atoms with Crippen LogP contribution in [0.3, 0.4) is 0 Å². The molecule has 1 rings (SSSR count). The Bertz CT molecular complexity index is 394. The van der Waals surface area contributed by atoms with Crippen LogP contribution in [0.25, 0.3) is 0 Å². The van der Waals surface area contributed by atoms with Crippen molar-refractivity contribution in [1.82, 2.24) is 0 Å². The van der Waals surface area contributed by atoms with E-state index in [0.29, 0.717) is 22.6 Å². The Morgan fingerprint density at radius 2 is 1.89 bits per heavy atom. The number of hydrogen-bond donors (Lipinski definition) is 1. The number of benzene rings is 1. The van der Waals surface area contributed by atoms with Crippen LogP contribution in [0.5, 0.6) is 5.75 Å². The molecule has 0 amide bonds. The molecule has 0 fully saturated rings. The van der Waals surface area contributed by atoms with E-state index in [2.05, 4.69) is 6.92 Å². The van der Waals surface area contributed by atoms with Gasteiger partial charge in [-0.3, -0.25) is 0 Å². The first kappa shape index (κ1) is 15.6. The van der Waals surface area contributed by atoms with Gasteiger partial charge in [-0.25, -0.2) is 0 Å². The summed E-state index contributed by atoms with van der Waals surface area (Å²) in [5.41, 5.74) is 6.86. The molecule has 1 aromatic carbocycles. The van der Waals surface area contributed by atoms with Crippen molar-refractivity contribution in [1.29, 1.82) is 0 Å². The minimum absolute atomic E-state index is 0.206. The Morgan fingerprint density at radius 1 is 1.22 bits per heavy atom. The van der Waals surface area contributed by atoms with E-state index in [4.69, 9.17) is 33.7 Å². The van der Waals surface area contributed by atoms with Gasteiger partial charge in [-0.1, -0.05) is 30.1 Å². The zero-order valence-corrected chi connectivity index (χ0v) is 12.7. The van der Waals surface area contributed by atoms with Gasteiger partial charge >= 0.3 is 0 Å². The highest BCUT2D eigenvalue weighted by Crippen LogP contribution is 2.38. The smallest absolute Gasteiger partial charge is 0.141 e. The molecule has 0 saturated heterocycles. The molecule has 102 valence electrons. The van der Waals surface area contributed by atoms with Crippen LogP contribution in [-0.4, -0.2) is 12.6 Å². The van der Waals surface area contributed by atoms with Crippen molar-refractivity contribution in [3.8, 4) is 5.75 Å². The van der Waals surface area contributed by atoms with Crippen molar-refractivity contribution in [2.24, 2.45) is 5.73 Å². The van der Waals surface area contributed by atoms with Crippen LogP contribution in [0.2, 0.25) is 10.0 Å². The molecule has 0 aliphatic rings. The molecule has 0 heterocycles. The normalized spacial score (nSPS) is 14.3. The van der Waals surface area contributed by atoms with Gasteiger partial charge in [-0.15, -0.1) is 0 Å². The van der Waals surface area contributed by atoms with Crippen molar-refractivity contribution in [2.45, 2.75) is 45.6 Å². The molecule has 0 aliphatic carbocycles. The predicted molar refractivity (Wildman–Crippen MR) is 78.9 cm³/mol. The van der Waals surface area contributed by atoms with E-state index in [1.807, 2.05) is 19.9 Å². The van der Waals surface area contributed by atoms with Gasteiger partial charge in [0.2, 0.25) is 0 Å². The molecule has 18 heavy (non-hydrogen) atoms. The molecule has 1 aromatic rings. The van der Waals surface area contributed by atoms with Crippen LogP contribution in [0.15, 0.2) is 12.1 Å². The van der Waals surface area contributed by atoms with Crippen molar-refractivity contribution in [3.05, 3.63) is 27.7 Å². The summed E-state index contributed by atoms with van der Waals surface area (Å²) in [5.74, 6) is 1.08. The maximum atomic E-state index is 6.19. The Labute approximate surface area is 119 Å². The molecule has 0 radical (unpaired) electrons. The Hall–Kier alpha value is -0.440. The molecule has 2 N–H and O–H groups in total. The molecular weight excluding hydrogens is 269 g/mol. The molecule has 2 atom stereocenters. The van der Waals surface area contributed by atoms with Gasteiger partial charge in [-0.05, 0) is 50.3 Å². The number of halogens is 2. The number of rotatable bonds is 6. The van der Waals surface area contributed by atoms with Crippen molar-refractivity contribution < 1.29 is 4.74 Å². The molecular formula is C14H21Cl2NO. The highest BCUT2D eigenvalue weighted by atomic mass is 35.5. The van der Waals surface area contributed by atoms with Crippen molar-refractivity contribution >= 4 is 23.2 Å². The quantitative estimate of drug-likeness (QED) is 0.829. The van der Waals surface area contributed by atoms with Gasteiger partial charge in [0, 0.05) is 11.1 Å². The predicted octanol–water partition coefficient (Wildman–Crippen LogP) is 4.62. The van der Waals surface area contributed by atoms with Crippen LogP contribution in [-0.2, 0) is 0 Å². The summed E-state index contributed by atoms with van der Waals surface area (Å²) in [5, 5.41) is 1.22. The van der Waals surface area contributed by atoms with Crippen LogP contribution in [0.4, 0.5) is 0 Å². The van der Waals surface area contributed by atoms with E-state index < -0.39 is 0 Å². The summed E-state index contributed by atoms with van der Waals surface area (Å²) in [7, 11) is 0. The maximum absolute atomic E-state index is 6.19. The lowest BCUT2D eigenvalue weighted by molar-refractivity contribution is 0.334. The molecule has 2 unspecified atom stereocenters. The molecule has 0 aromatic heterocycles. The SMILES string of the molecule is CCOc1c(Cl)cc(Cl)cc1C(C)CCC(C)N. The molecule has 0 aliphatic heterocycles. The lowest BCUT2D eigenvalue weighted by atomic mass is 9.94. The second-order valence-electron chi connectivity index (χ2n) is 4.69. The van der Waals surface area contributed by atoms with Gasteiger partial charge in [0.1, 0.15) is 5.75 Å². The van der Waals surface area contributed by atoms with Crippen molar-refractivity contribution in [3.63, 3.8) is 0 Å². The highest BCUT2D eigenvalue weighted by molar-refractivity contribution is 6.35. The largest absolute Gasteiger partial charge is 0.492 e. The summed E-state index contributed by atoms with van der Waals surface area (Å²) in [6.45, 7) is 6.70. The fourth-order valence-electron chi connectivity index (χ4n) is 1.91. The van der Waals surface area contributed by atoms with Gasteiger partial charge in [0.15, 0.2) is 0 Å². The van der Waals surface area contributed by atoms with Gasteiger partial charge in [0.05, 0.1) is 11.6 Å². The fraction of sp³-hybridized carbons (Fsp3) is 0.571. The Morgan fingerprint density at radius 3 is 2.44 bits per heavy atom. The minimum Gasteiger partial charge on any atom is -0.492 e. The van der Waals surface area contributed by atoms with Crippen LogP contribution in [0, 0.1) is 0 Å². The van der Waals surface area contributed by atoms with E-state index in [1.54, 1.807) is 6.07 Å². The molecule has 0 saturated carbocycles. The summed E-state index contributed by atoms with van der Waals surface area (Å²) in [6.07, 6.45) is 1.96. The lowest BCUT2D eigenvalue weighted by Crippen LogP contribution is -2.15. The first-order chi connectivity index (χ1) is 8.45. The third kappa shape index (κ3) is 4.34. The number of nitrogens with two attached hydrogens (primary N) is 1. The first-order valence-corrected chi connectivity index (χ1v) is 7.08. The third-order valence-corrected chi connectivity index (χ3v) is 3.41. The fourth-order valence-corrected chi connectivity index (χ4v) is 2.48. The zero-order chi connectivity index (χ0) is 13.7. The number of ether oxygens (including phenoxy) is 1. The summed E-state index contributed by atoms with van der Waals surface area (Å²) >= 11 is 12.3. The lowest BCUT2D eigenvalue weighted by Gasteiger charge is -2.19. The van der Waals surface area contributed by atoms with E-state index >= 15 is 0 Å². The van der Waals surface area contributed by atoms with E-state index in [-0.39, 0.29) is 6.04 Å². The van der Waals surface area contributed by atoms with Crippen LogP contribution < -0.4 is 10.5 Å². The summed E-state index contributed by atoms with van der Waals surface area (Å²) in [4.78, 5) is 0. The van der Waals surface area contributed by atoms with E-state index in [9.17, 15) is 0 Å². The van der Waals surface area contributed by atoms with Crippen molar-refractivity contribution in [2.75, 3.05) is 6.61 Å². The average Bonchev–Trinajstić information content (AvgIpc) is 2.29. The zero-order valence-electron chi connectivity index (χ0n) is 11.2. The van der Waals surface area contributed by atoms with E-state index in [0.717, 1.165) is 24.2 Å². The van der Waals surface area contributed by atoms with Crippen LogP contribution in [0.1, 0.15) is 45.1 Å². The topological polar surface area (TPSA) is 35.2 Å². The molecule has 0 spiro atoms. The third-order valence-electron chi connectivity index (χ3n) is 2.91. The van der Waals surface area contributed by atoms with Gasteiger partial charge in [-0.2, -0.15) is 0 Å². The maximum Gasteiger partial charge on any atom is 0.141 e. The molecule has 0 bridgehead atoms. The average molecular weight is 290 g/mol. The van der Waals surface area contributed by atoms with Crippen LogP contribution >= 0.6 is 23.2 Å².